The zero-order chi connectivity index (χ0) is 52.5. The van der Waals surface area contributed by atoms with E-state index in [2.05, 4.69) is 62.0 Å². The monoisotopic (exact) mass is 1030 g/mol. The molecule has 5 aliphatic rings. The molecule has 404 valence electrons. The second-order valence-corrected chi connectivity index (χ2v) is 21.6. The largest absolute Gasteiger partial charge is 0.416 e. The summed E-state index contributed by atoms with van der Waals surface area (Å²) in [4.78, 5) is 84.9. The van der Waals surface area contributed by atoms with Crippen LogP contribution in [0.1, 0.15) is 121 Å². The summed E-state index contributed by atoms with van der Waals surface area (Å²) in [5.41, 5.74) is 0.362. The minimum absolute atomic E-state index is 0.0183. The van der Waals surface area contributed by atoms with Crippen LogP contribution in [-0.2, 0) is 39.6 Å². The summed E-state index contributed by atoms with van der Waals surface area (Å²) in [6, 6.07) is 5.93. The number of nitrogens with one attached hydrogen (secondary N) is 4. The molecule has 4 heterocycles. The Morgan fingerprint density at radius 3 is 2.30 bits per heavy atom. The van der Waals surface area contributed by atoms with E-state index in [9.17, 15) is 37.1 Å². The van der Waals surface area contributed by atoms with Crippen molar-refractivity contribution in [2.45, 2.75) is 152 Å². The van der Waals surface area contributed by atoms with E-state index in [0.717, 1.165) is 49.8 Å². The highest BCUT2D eigenvalue weighted by Crippen LogP contribution is 2.38. The molecule has 2 aromatic heterocycles. The van der Waals surface area contributed by atoms with Crippen molar-refractivity contribution in [3.05, 3.63) is 60.2 Å². The number of benzene rings is 1. The average molecular weight is 1030 g/mol. The number of halogens is 3. The molecule has 74 heavy (non-hydrogen) atoms. The number of nitrogens with zero attached hydrogens (tertiary/aromatic N) is 6. The third-order valence-electron chi connectivity index (χ3n) is 16.5. The van der Waals surface area contributed by atoms with Crippen molar-refractivity contribution in [1.82, 2.24) is 45.6 Å². The lowest BCUT2D eigenvalue weighted by Crippen LogP contribution is -2.59. The maximum Gasteiger partial charge on any atom is 0.416 e. The van der Waals surface area contributed by atoms with Gasteiger partial charge in [0, 0.05) is 88.0 Å². The molecule has 1 aromatic carbocycles. The summed E-state index contributed by atoms with van der Waals surface area (Å²) >= 11 is 0. The van der Waals surface area contributed by atoms with Gasteiger partial charge in [-0.2, -0.15) is 13.2 Å². The van der Waals surface area contributed by atoms with Gasteiger partial charge in [0.2, 0.25) is 29.5 Å². The van der Waals surface area contributed by atoms with Crippen LogP contribution in [0.3, 0.4) is 0 Å². The first-order chi connectivity index (χ1) is 35.5. The normalized spacial score (nSPS) is 27.7. The van der Waals surface area contributed by atoms with E-state index in [1.165, 1.54) is 12.4 Å². The Bertz CT molecular complexity index is 2400. The van der Waals surface area contributed by atoms with E-state index in [1.54, 1.807) is 24.3 Å². The highest BCUT2D eigenvalue weighted by atomic mass is 19.4. The number of carbonyl (C=O) groups is 5. The van der Waals surface area contributed by atoms with Crippen LogP contribution in [0.25, 0.3) is 10.9 Å². The average Bonchev–Trinajstić information content (AvgIpc) is 3.91. The number of anilines is 1. The van der Waals surface area contributed by atoms with Crippen LogP contribution in [0.5, 0.6) is 0 Å². The molecule has 6 atom stereocenters. The number of ether oxygens (including phenoxy) is 2. The Labute approximate surface area is 432 Å². The van der Waals surface area contributed by atoms with Crippen LogP contribution in [0.2, 0.25) is 0 Å². The van der Waals surface area contributed by atoms with E-state index in [0.29, 0.717) is 108 Å². The Morgan fingerprint density at radius 1 is 0.878 bits per heavy atom. The number of hydrogen-bond donors (Lipinski definition) is 4. The Hall–Kier alpha value is -5.47. The van der Waals surface area contributed by atoms with Crippen LogP contribution >= 0.6 is 0 Å². The van der Waals surface area contributed by atoms with E-state index in [-0.39, 0.29) is 89.7 Å². The van der Waals surface area contributed by atoms with Gasteiger partial charge >= 0.3 is 6.18 Å². The lowest BCUT2D eigenvalue weighted by atomic mass is 9.82. The maximum atomic E-state index is 14.1. The number of amides is 5. The topological polar surface area (TPSA) is 200 Å². The number of hydrogen-bond acceptors (Lipinski definition) is 12. The molecule has 0 unspecified atom stereocenters. The Morgan fingerprint density at radius 2 is 1.61 bits per heavy atom. The molecule has 3 aromatic rings. The van der Waals surface area contributed by atoms with E-state index in [1.807, 2.05) is 17.0 Å². The highest BCUT2D eigenvalue weighted by Gasteiger charge is 2.45. The quantitative estimate of drug-likeness (QED) is 0.0959. The van der Waals surface area contributed by atoms with Gasteiger partial charge < -0.3 is 45.4 Å². The molecule has 17 nitrogen and oxygen atoms in total. The summed E-state index contributed by atoms with van der Waals surface area (Å²) in [6.45, 7) is 7.10. The molecular formula is C54H75F3N10O7. The lowest BCUT2D eigenvalue weighted by molar-refractivity contribution is -0.137. The van der Waals surface area contributed by atoms with Crippen molar-refractivity contribution in [3.8, 4) is 0 Å². The number of carbonyl (C=O) groups excluding carboxylic acids is 5. The molecule has 0 radical (unpaired) electrons. The third-order valence-corrected chi connectivity index (χ3v) is 16.5. The second kappa shape index (κ2) is 24.9. The van der Waals surface area contributed by atoms with Crippen molar-refractivity contribution < 1.29 is 46.6 Å². The Balaban J connectivity index is 0.714. The van der Waals surface area contributed by atoms with Gasteiger partial charge in [-0.05, 0) is 140 Å². The fraction of sp³-hybridized carbons (Fsp3) is 0.667. The zero-order valence-corrected chi connectivity index (χ0v) is 43.3. The SMILES string of the molecule is CC(C)N(C)[C@@H]1CC[C@H](N2CC[C@H](Nc3ncnc4ccc(C(F)(F)F)cc34)C2=O)[C@H](NC(=O)[C@H]2CC[C@H](NC(=O)CCOC[C@H]3CC[C@H](COCCNC(=O)[C@H]4CC(=O)N(C)[C@@H]4c4cccnc4)CC3)CC2)C1. The van der Waals surface area contributed by atoms with E-state index < -0.39 is 23.7 Å². The number of likely N-dealkylation sites (tertiary alicyclic amines) is 2. The summed E-state index contributed by atoms with van der Waals surface area (Å²) in [7, 11) is 3.82. The molecule has 3 aliphatic carbocycles. The number of pyridine rings is 1. The van der Waals surface area contributed by atoms with Gasteiger partial charge in [0.05, 0.1) is 48.3 Å². The van der Waals surface area contributed by atoms with Crippen LogP contribution in [-0.4, -0.2) is 149 Å². The zero-order valence-electron chi connectivity index (χ0n) is 43.3. The van der Waals surface area contributed by atoms with Crippen molar-refractivity contribution in [2.24, 2.45) is 23.7 Å². The van der Waals surface area contributed by atoms with Crippen LogP contribution < -0.4 is 21.3 Å². The minimum atomic E-state index is -4.55. The van der Waals surface area contributed by atoms with Gasteiger partial charge in [-0.25, -0.2) is 9.97 Å². The lowest BCUT2D eigenvalue weighted by Gasteiger charge is -2.45. The van der Waals surface area contributed by atoms with Gasteiger partial charge in [-0.15, -0.1) is 0 Å². The molecule has 3 saturated carbocycles. The Kier molecular flexibility index (Phi) is 18.4. The fourth-order valence-corrected chi connectivity index (χ4v) is 11.9. The first-order valence-electron chi connectivity index (χ1n) is 26.8. The third kappa shape index (κ3) is 13.7. The van der Waals surface area contributed by atoms with Gasteiger partial charge in [0.1, 0.15) is 18.2 Å². The highest BCUT2D eigenvalue weighted by molar-refractivity contribution is 5.93. The standard InChI is InChI=1S/C54H75F3N10O7/c1-33(2)65(3)40-16-18-46(67-23-19-44(53(67)72)63-50-41-26-38(54(55,56)57)13-17-43(41)60-32-61-50)45(27-40)64-51(70)36-11-14-39(15-12-36)62-47(68)20-24-73-30-34-7-9-35(10-8-34)31-74-25-22-59-52(71)42-28-48(69)66(4)49(42)37-6-5-21-58-29-37/h5-6,13,17,21,26,29,32-36,39-40,42,44-46,49H,7-12,14-16,18-20,22-25,27-28,30-31H2,1-4H3,(H,59,71)(H,62,68)(H,64,70)(H,60,61,63)/t34-,35-,36-,39-,40-,42+,44+,45-,46+,49-/m1/s1. The molecule has 2 aliphatic heterocycles. The maximum absolute atomic E-state index is 14.1. The first kappa shape index (κ1) is 54.8. The van der Waals surface area contributed by atoms with Gasteiger partial charge in [-0.3, -0.25) is 29.0 Å². The van der Waals surface area contributed by atoms with Crippen molar-refractivity contribution in [1.29, 1.82) is 0 Å². The summed E-state index contributed by atoms with van der Waals surface area (Å²) in [6.07, 6.45) is 9.97. The van der Waals surface area contributed by atoms with Crippen molar-refractivity contribution in [3.63, 3.8) is 0 Å². The van der Waals surface area contributed by atoms with Gasteiger partial charge in [0.15, 0.2) is 0 Å². The van der Waals surface area contributed by atoms with Gasteiger partial charge in [-0.1, -0.05) is 6.07 Å². The van der Waals surface area contributed by atoms with Crippen LogP contribution in [0.4, 0.5) is 19.0 Å². The molecule has 5 fully saturated rings. The van der Waals surface area contributed by atoms with E-state index in [4.69, 9.17) is 9.47 Å². The number of alkyl halides is 3. The smallest absolute Gasteiger partial charge is 0.381 e. The predicted molar refractivity (Wildman–Crippen MR) is 271 cm³/mol. The summed E-state index contributed by atoms with van der Waals surface area (Å²) in [5.74, 6) is -0.108. The second-order valence-electron chi connectivity index (χ2n) is 21.6. The fourth-order valence-electron chi connectivity index (χ4n) is 11.9. The predicted octanol–water partition coefficient (Wildman–Crippen LogP) is 6.04. The van der Waals surface area contributed by atoms with E-state index >= 15 is 0 Å². The number of fused-ring (bicyclic) bond motifs is 1. The number of aromatic nitrogens is 3. The molecule has 0 spiro atoms. The molecule has 4 N–H and O–H groups in total. The molecule has 20 heteroatoms. The molecule has 5 amide bonds. The molecule has 8 rings (SSSR count). The molecular weight excluding hydrogens is 958 g/mol. The first-order valence-corrected chi connectivity index (χ1v) is 26.8. The van der Waals surface area contributed by atoms with Crippen molar-refractivity contribution in [2.75, 3.05) is 58.9 Å². The van der Waals surface area contributed by atoms with Crippen LogP contribution in [0, 0.1) is 23.7 Å². The molecule has 2 saturated heterocycles. The van der Waals surface area contributed by atoms with Crippen molar-refractivity contribution >= 4 is 46.3 Å². The van der Waals surface area contributed by atoms with Gasteiger partial charge in [0.25, 0.3) is 0 Å². The summed E-state index contributed by atoms with van der Waals surface area (Å²) in [5, 5.41) is 12.8. The number of rotatable bonds is 20. The van der Waals surface area contributed by atoms with Crippen LogP contribution in [0.15, 0.2) is 49.1 Å². The minimum Gasteiger partial charge on any atom is -0.381 e. The summed E-state index contributed by atoms with van der Waals surface area (Å²) < 4.78 is 52.8. The molecule has 0 bridgehead atoms.